The number of nitrogens with one attached hydrogen (secondary N) is 1. The third-order valence-corrected chi connectivity index (χ3v) is 5.32. The van der Waals surface area contributed by atoms with Crippen LogP contribution in [0, 0.1) is 0 Å². The zero-order valence-electron chi connectivity index (χ0n) is 15.5. The van der Waals surface area contributed by atoms with Gasteiger partial charge in [0.2, 0.25) is 0 Å². The van der Waals surface area contributed by atoms with Crippen molar-refractivity contribution < 1.29 is 4.79 Å². The fraction of sp³-hybridized carbons (Fsp3) is 0.286. The molecule has 7 heteroatoms. The van der Waals surface area contributed by atoms with Crippen LogP contribution in [0.2, 0.25) is 5.02 Å². The van der Waals surface area contributed by atoms with E-state index in [4.69, 9.17) is 11.6 Å². The molecule has 4 rings (SSSR count). The number of rotatable bonds is 6. The van der Waals surface area contributed by atoms with Crippen LogP contribution >= 0.6 is 11.6 Å². The highest BCUT2D eigenvalue weighted by atomic mass is 35.5. The maximum Gasteiger partial charge on any atom is 0.251 e. The van der Waals surface area contributed by atoms with Gasteiger partial charge < -0.3 is 5.32 Å². The van der Waals surface area contributed by atoms with Gasteiger partial charge in [-0.1, -0.05) is 23.7 Å². The van der Waals surface area contributed by atoms with Crippen molar-refractivity contribution in [1.29, 1.82) is 0 Å². The minimum absolute atomic E-state index is 0.0867. The lowest BCUT2D eigenvalue weighted by molar-refractivity contribution is 0.0938. The van der Waals surface area contributed by atoms with Gasteiger partial charge in [-0.2, -0.15) is 5.10 Å². The van der Waals surface area contributed by atoms with Gasteiger partial charge in [0.25, 0.3) is 5.91 Å². The van der Waals surface area contributed by atoms with Crippen LogP contribution in [0.3, 0.4) is 0 Å². The van der Waals surface area contributed by atoms with Gasteiger partial charge in [0.1, 0.15) is 12.7 Å². The lowest BCUT2D eigenvalue weighted by atomic mass is 10.1. The number of likely N-dealkylation sites (tertiary alicyclic amines) is 1. The van der Waals surface area contributed by atoms with Crippen LogP contribution in [-0.2, 0) is 0 Å². The summed E-state index contributed by atoms with van der Waals surface area (Å²) in [7, 11) is 0. The molecule has 1 saturated heterocycles. The first-order valence-electron chi connectivity index (χ1n) is 9.43. The van der Waals surface area contributed by atoms with E-state index in [9.17, 15) is 4.79 Å². The Morgan fingerprint density at radius 3 is 2.61 bits per heavy atom. The highest BCUT2D eigenvalue weighted by Gasteiger charge is 2.24. The first-order chi connectivity index (χ1) is 13.7. The minimum atomic E-state index is -0.0867. The molecule has 28 heavy (non-hydrogen) atoms. The van der Waals surface area contributed by atoms with Crippen LogP contribution in [-0.4, -0.2) is 45.2 Å². The molecule has 144 valence electrons. The van der Waals surface area contributed by atoms with E-state index in [1.807, 2.05) is 30.3 Å². The monoisotopic (exact) mass is 395 g/mol. The van der Waals surface area contributed by atoms with Crippen LogP contribution in [0.25, 0.3) is 5.69 Å². The number of aromatic nitrogens is 3. The summed E-state index contributed by atoms with van der Waals surface area (Å²) >= 11 is 6.19. The number of amides is 1. The van der Waals surface area contributed by atoms with E-state index in [2.05, 4.69) is 26.4 Å². The summed E-state index contributed by atoms with van der Waals surface area (Å²) in [4.78, 5) is 19.0. The van der Waals surface area contributed by atoms with E-state index in [0.29, 0.717) is 12.1 Å². The molecule has 1 fully saturated rings. The zero-order valence-corrected chi connectivity index (χ0v) is 16.2. The summed E-state index contributed by atoms with van der Waals surface area (Å²) < 4.78 is 1.66. The van der Waals surface area contributed by atoms with Gasteiger partial charge in [0.15, 0.2) is 0 Å². The quantitative estimate of drug-likeness (QED) is 0.694. The van der Waals surface area contributed by atoms with Crippen LogP contribution < -0.4 is 5.32 Å². The number of carbonyl (C=O) groups excluding carboxylic acids is 1. The molecule has 1 aromatic heterocycles. The van der Waals surface area contributed by atoms with Crippen LogP contribution in [0.15, 0.2) is 61.2 Å². The van der Waals surface area contributed by atoms with E-state index in [-0.39, 0.29) is 11.9 Å². The SMILES string of the molecule is O=C(NC[C@@H](c1cccc(Cl)c1)N1CCCC1)c1ccc(-n2cncn2)cc1. The van der Waals surface area contributed by atoms with Crippen molar-refractivity contribution in [1.82, 2.24) is 25.0 Å². The molecule has 6 nitrogen and oxygen atoms in total. The molecule has 0 spiro atoms. The van der Waals surface area contributed by atoms with Gasteiger partial charge >= 0.3 is 0 Å². The highest BCUT2D eigenvalue weighted by Crippen LogP contribution is 2.26. The van der Waals surface area contributed by atoms with Gasteiger partial charge in [0.05, 0.1) is 11.7 Å². The topological polar surface area (TPSA) is 63.1 Å². The van der Waals surface area contributed by atoms with E-state index in [1.54, 1.807) is 23.1 Å². The maximum atomic E-state index is 12.7. The normalized spacial score (nSPS) is 15.5. The van der Waals surface area contributed by atoms with E-state index in [1.165, 1.54) is 19.2 Å². The zero-order chi connectivity index (χ0) is 19.3. The standard InChI is InChI=1S/C21H22ClN5O/c22-18-5-3-4-17(12-18)20(26-10-1-2-11-26)13-24-21(28)16-6-8-19(9-7-16)27-15-23-14-25-27/h3-9,12,14-15,20H,1-2,10-11,13H2,(H,24,28)/t20-/m0/s1. The number of hydrogen-bond donors (Lipinski definition) is 1. The fourth-order valence-corrected chi connectivity index (χ4v) is 3.82. The lowest BCUT2D eigenvalue weighted by Crippen LogP contribution is -2.36. The van der Waals surface area contributed by atoms with Gasteiger partial charge in [-0.25, -0.2) is 9.67 Å². The Hall–Kier alpha value is -2.70. The number of halogens is 1. The number of carbonyl (C=O) groups is 1. The molecule has 1 amide bonds. The Morgan fingerprint density at radius 1 is 1.14 bits per heavy atom. The Morgan fingerprint density at radius 2 is 1.93 bits per heavy atom. The van der Waals surface area contributed by atoms with Crippen molar-refractivity contribution in [3.05, 3.63) is 77.3 Å². The van der Waals surface area contributed by atoms with Crippen molar-refractivity contribution in [3.63, 3.8) is 0 Å². The average molecular weight is 396 g/mol. The molecule has 1 N–H and O–H groups in total. The van der Waals surface area contributed by atoms with E-state index < -0.39 is 0 Å². The van der Waals surface area contributed by atoms with Crippen LogP contribution in [0.4, 0.5) is 0 Å². The maximum absolute atomic E-state index is 12.7. The molecule has 1 aliphatic heterocycles. The second-order valence-electron chi connectivity index (χ2n) is 6.91. The second-order valence-corrected chi connectivity index (χ2v) is 7.35. The van der Waals surface area contributed by atoms with Gasteiger partial charge in [-0.15, -0.1) is 0 Å². The lowest BCUT2D eigenvalue weighted by Gasteiger charge is -2.28. The highest BCUT2D eigenvalue weighted by molar-refractivity contribution is 6.30. The first-order valence-corrected chi connectivity index (χ1v) is 9.81. The van der Waals surface area contributed by atoms with Crippen molar-refractivity contribution in [2.75, 3.05) is 19.6 Å². The summed E-state index contributed by atoms with van der Waals surface area (Å²) in [5.74, 6) is -0.0867. The number of hydrogen-bond acceptors (Lipinski definition) is 4. The van der Waals surface area contributed by atoms with Crippen molar-refractivity contribution in [2.24, 2.45) is 0 Å². The van der Waals surface area contributed by atoms with Gasteiger partial charge in [-0.3, -0.25) is 9.69 Å². The van der Waals surface area contributed by atoms with Crippen molar-refractivity contribution >= 4 is 17.5 Å². The molecule has 1 atom stereocenters. The molecule has 0 unspecified atom stereocenters. The Balaban J connectivity index is 1.45. The summed E-state index contributed by atoms with van der Waals surface area (Å²) in [5, 5.41) is 7.90. The van der Waals surface area contributed by atoms with Crippen LogP contribution in [0.1, 0.15) is 34.8 Å². The molecule has 2 aromatic carbocycles. The minimum Gasteiger partial charge on any atom is -0.350 e. The molecule has 2 heterocycles. The second kappa shape index (κ2) is 8.54. The van der Waals surface area contributed by atoms with Gasteiger partial charge in [-0.05, 0) is 67.9 Å². The predicted molar refractivity (Wildman–Crippen MR) is 109 cm³/mol. The predicted octanol–water partition coefficient (Wildman–Crippen LogP) is 3.49. The largest absolute Gasteiger partial charge is 0.350 e. The Kier molecular flexibility index (Phi) is 5.69. The number of nitrogens with zero attached hydrogens (tertiary/aromatic N) is 4. The molecular weight excluding hydrogens is 374 g/mol. The molecule has 0 saturated carbocycles. The van der Waals surface area contributed by atoms with E-state index in [0.717, 1.165) is 29.4 Å². The Bertz CT molecular complexity index is 920. The van der Waals surface area contributed by atoms with Crippen molar-refractivity contribution in [3.8, 4) is 5.69 Å². The summed E-state index contributed by atoms with van der Waals surface area (Å²) in [6.07, 6.45) is 5.49. The molecule has 0 radical (unpaired) electrons. The molecule has 0 aliphatic carbocycles. The third kappa shape index (κ3) is 4.24. The van der Waals surface area contributed by atoms with Gasteiger partial charge in [0, 0.05) is 17.1 Å². The molecular formula is C21H22ClN5O. The summed E-state index contributed by atoms with van der Waals surface area (Å²) in [5.41, 5.74) is 2.62. The fourth-order valence-electron chi connectivity index (χ4n) is 3.62. The Labute approximate surface area is 169 Å². The van der Waals surface area contributed by atoms with E-state index >= 15 is 0 Å². The molecule has 1 aliphatic rings. The third-order valence-electron chi connectivity index (χ3n) is 5.08. The van der Waals surface area contributed by atoms with Crippen molar-refractivity contribution in [2.45, 2.75) is 18.9 Å². The number of benzene rings is 2. The molecule has 3 aromatic rings. The summed E-state index contributed by atoms with van der Waals surface area (Å²) in [6.45, 7) is 2.63. The average Bonchev–Trinajstić information content (AvgIpc) is 3.43. The first kappa shape index (κ1) is 18.7. The van der Waals surface area contributed by atoms with Crippen LogP contribution in [0.5, 0.6) is 0 Å². The smallest absolute Gasteiger partial charge is 0.251 e. The molecule has 0 bridgehead atoms. The summed E-state index contributed by atoms with van der Waals surface area (Å²) in [6, 6.07) is 15.4.